The van der Waals surface area contributed by atoms with Crippen LogP contribution >= 0.6 is 0 Å². The molecule has 0 radical (unpaired) electrons. The maximum absolute atomic E-state index is 14.0. The second kappa shape index (κ2) is 4.30. The summed E-state index contributed by atoms with van der Waals surface area (Å²) in [4.78, 5) is 11.4. The van der Waals surface area contributed by atoms with Gasteiger partial charge in [0.15, 0.2) is 9.84 Å². The molecule has 1 fully saturated rings. The molecule has 0 amide bonds. The van der Waals surface area contributed by atoms with Crippen LogP contribution in [-0.4, -0.2) is 25.7 Å². The third kappa shape index (κ3) is 2.14. The second-order valence-electron chi connectivity index (χ2n) is 5.11. The maximum Gasteiger partial charge on any atom is 0.314 e. The first-order valence-electron chi connectivity index (χ1n) is 5.92. The van der Waals surface area contributed by atoms with Crippen LogP contribution in [0.25, 0.3) is 0 Å². The van der Waals surface area contributed by atoms with Crippen molar-refractivity contribution in [3.05, 3.63) is 29.1 Å². The van der Waals surface area contributed by atoms with Crippen LogP contribution in [0.4, 0.5) is 4.39 Å². The van der Waals surface area contributed by atoms with Crippen LogP contribution in [0, 0.1) is 12.7 Å². The second-order valence-corrected chi connectivity index (χ2v) is 7.09. The molecular weight excluding hydrogens is 271 g/mol. The molecule has 6 heteroatoms. The summed E-state index contributed by atoms with van der Waals surface area (Å²) in [5.74, 6) is -1.74. The Kier molecular flexibility index (Phi) is 3.16. The molecular formula is C13H15FO4S. The number of hydrogen-bond acceptors (Lipinski definition) is 3. The van der Waals surface area contributed by atoms with Crippen LogP contribution in [0.5, 0.6) is 0 Å². The van der Waals surface area contributed by atoms with Crippen LogP contribution in [0.1, 0.15) is 30.4 Å². The summed E-state index contributed by atoms with van der Waals surface area (Å²) >= 11 is 0. The number of carboxylic acids is 1. The predicted octanol–water partition coefficient (Wildman–Crippen LogP) is 2.04. The van der Waals surface area contributed by atoms with Crippen molar-refractivity contribution in [3.8, 4) is 0 Å². The average Bonchev–Trinajstić information content (AvgIpc) is 2.16. The summed E-state index contributed by atoms with van der Waals surface area (Å²) in [5.41, 5.74) is -0.988. The maximum atomic E-state index is 14.0. The number of rotatable bonds is 3. The number of carboxylic acid groups (broad SMARTS) is 1. The molecule has 1 aliphatic carbocycles. The fraction of sp³-hybridized carbons (Fsp3) is 0.462. The molecule has 1 aliphatic rings. The van der Waals surface area contributed by atoms with E-state index < -0.39 is 27.0 Å². The first kappa shape index (κ1) is 14.0. The van der Waals surface area contributed by atoms with E-state index in [-0.39, 0.29) is 10.5 Å². The molecule has 0 saturated heterocycles. The molecule has 1 aromatic carbocycles. The standard InChI is InChI=1S/C13H15FO4S/c1-8-6-10(14)9(7-11(8)19(2,17)18)13(12(15)16)4-3-5-13/h6-7H,3-5H2,1-2H3,(H,15,16). The van der Waals surface area contributed by atoms with Gasteiger partial charge in [-0.2, -0.15) is 0 Å². The van der Waals surface area contributed by atoms with Crippen molar-refractivity contribution in [2.75, 3.05) is 6.26 Å². The van der Waals surface area contributed by atoms with Crippen molar-refractivity contribution < 1.29 is 22.7 Å². The van der Waals surface area contributed by atoms with Gasteiger partial charge in [0.05, 0.1) is 10.3 Å². The molecule has 0 atom stereocenters. The Balaban J connectivity index is 2.68. The predicted molar refractivity (Wildman–Crippen MR) is 67.4 cm³/mol. The smallest absolute Gasteiger partial charge is 0.314 e. The Labute approximate surface area is 111 Å². The minimum atomic E-state index is -3.50. The van der Waals surface area contributed by atoms with Gasteiger partial charge in [-0.05, 0) is 37.5 Å². The van der Waals surface area contributed by atoms with E-state index in [1.165, 1.54) is 13.0 Å². The fourth-order valence-corrected chi connectivity index (χ4v) is 3.52. The zero-order chi connectivity index (χ0) is 14.4. The molecule has 19 heavy (non-hydrogen) atoms. The zero-order valence-corrected chi connectivity index (χ0v) is 11.6. The summed E-state index contributed by atoms with van der Waals surface area (Å²) in [7, 11) is -3.50. The molecule has 0 aliphatic heterocycles. The molecule has 0 spiro atoms. The monoisotopic (exact) mass is 286 g/mol. The summed E-state index contributed by atoms with van der Waals surface area (Å²) < 4.78 is 37.3. The highest BCUT2D eigenvalue weighted by Gasteiger charge is 2.48. The number of carbonyl (C=O) groups is 1. The molecule has 0 heterocycles. The van der Waals surface area contributed by atoms with E-state index in [0.29, 0.717) is 24.8 Å². The van der Waals surface area contributed by atoms with Gasteiger partial charge in [0.25, 0.3) is 0 Å². The quantitative estimate of drug-likeness (QED) is 0.863. The highest BCUT2D eigenvalue weighted by atomic mass is 32.2. The first-order chi connectivity index (χ1) is 8.68. The third-order valence-corrected chi connectivity index (χ3v) is 5.03. The van der Waals surface area contributed by atoms with Crippen LogP contribution in [-0.2, 0) is 20.0 Å². The highest BCUT2D eigenvalue weighted by Crippen LogP contribution is 2.45. The van der Waals surface area contributed by atoms with Crippen molar-refractivity contribution in [2.45, 2.75) is 36.5 Å². The first-order valence-corrected chi connectivity index (χ1v) is 7.82. The number of hydrogen-bond donors (Lipinski definition) is 1. The summed E-state index contributed by atoms with van der Waals surface area (Å²) in [5, 5.41) is 9.31. The van der Waals surface area contributed by atoms with E-state index in [0.717, 1.165) is 12.3 Å². The topological polar surface area (TPSA) is 71.4 Å². The fourth-order valence-electron chi connectivity index (χ4n) is 2.55. The van der Waals surface area contributed by atoms with Crippen molar-refractivity contribution >= 4 is 15.8 Å². The molecule has 4 nitrogen and oxygen atoms in total. The van der Waals surface area contributed by atoms with Crippen LogP contribution in [0.15, 0.2) is 17.0 Å². The van der Waals surface area contributed by atoms with E-state index in [1.54, 1.807) is 0 Å². The van der Waals surface area contributed by atoms with Gasteiger partial charge in [-0.1, -0.05) is 6.42 Å². The molecule has 2 rings (SSSR count). The number of benzene rings is 1. The Morgan fingerprint density at radius 2 is 1.95 bits per heavy atom. The van der Waals surface area contributed by atoms with Crippen molar-refractivity contribution in [2.24, 2.45) is 0 Å². The minimum Gasteiger partial charge on any atom is -0.481 e. The lowest BCUT2D eigenvalue weighted by Crippen LogP contribution is -2.43. The Bertz CT molecular complexity index is 645. The SMILES string of the molecule is Cc1cc(F)c(C2(C(=O)O)CCC2)cc1S(C)(=O)=O. The third-order valence-electron chi connectivity index (χ3n) is 3.80. The van der Waals surface area contributed by atoms with Gasteiger partial charge in [0.1, 0.15) is 5.82 Å². The van der Waals surface area contributed by atoms with Crippen LogP contribution < -0.4 is 0 Å². The lowest BCUT2D eigenvalue weighted by Gasteiger charge is -2.38. The molecule has 1 N–H and O–H groups in total. The lowest BCUT2D eigenvalue weighted by atomic mass is 9.64. The van der Waals surface area contributed by atoms with Crippen molar-refractivity contribution in [3.63, 3.8) is 0 Å². The molecule has 0 bridgehead atoms. The van der Waals surface area contributed by atoms with E-state index in [4.69, 9.17) is 0 Å². The molecule has 104 valence electrons. The van der Waals surface area contributed by atoms with Crippen LogP contribution in [0.2, 0.25) is 0 Å². The number of sulfone groups is 1. The zero-order valence-electron chi connectivity index (χ0n) is 10.7. The van der Waals surface area contributed by atoms with Crippen LogP contribution in [0.3, 0.4) is 0 Å². The van der Waals surface area contributed by atoms with E-state index in [1.807, 2.05) is 0 Å². The molecule has 1 aromatic rings. The Morgan fingerprint density at radius 1 is 1.37 bits per heavy atom. The number of aryl methyl sites for hydroxylation is 1. The normalized spacial score (nSPS) is 17.8. The summed E-state index contributed by atoms with van der Waals surface area (Å²) in [6, 6.07) is 2.29. The van der Waals surface area contributed by atoms with E-state index >= 15 is 0 Å². The summed E-state index contributed by atoms with van der Waals surface area (Å²) in [6.07, 6.45) is 2.41. The minimum absolute atomic E-state index is 0.00331. The lowest BCUT2D eigenvalue weighted by molar-refractivity contribution is -0.147. The Hall–Kier alpha value is -1.43. The van der Waals surface area contributed by atoms with Crippen molar-refractivity contribution in [1.82, 2.24) is 0 Å². The number of aliphatic carboxylic acids is 1. The van der Waals surface area contributed by atoms with E-state index in [9.17, 15) is 22.7 Å². The van der Waals surface area contributed by atoms with Gasteiger partial charge in [0.2, 0.25) is 0 Å². The molecule has 0 unspecified atom stereocenters. The van der Waals surface area contributed by atoms with Gasteiger partial charge in [-0.25, -0.2) is 12.8 Å². The van der Waals surface area contributed by atoms with Gasteiger partial charge < -0.3 is 5.11 Å². The van der Waals surface area contributed by atoms with Gasteiger partial charge in [0, 0.05) is 11.8 Å². The average molecular weight is 286 g/mol. The van der Waals surface area contributed by atoms with Gasteiger partial charge in [-0.3, -0.25) is 4.79 Å². The van der Waals surface area contributed by atoms with E-state index in [2.05, 4.69) is 0 Å². The van der Waals surface area contributed by atoms with Gasteiger partial charge >= 0.3 is 5.97 Å². The Morgan fingerprint density at radius 3 is 2.32 bits per heavy atom. The highest BCUT2D eigenvalue weighted by molar-refractivity contribution is 7.90. The molecule has 1 saturated carbocycles. The van der Waals surface area contributed by atoms with Gasteiger partial charge in [-0.15, -0.1) is 0 Å². The number of halogens is 1. The summed E-state index contributed by atoms with van der Waals surface area (Å²) in [6.45, 7) is 1.50. The van der Waals surface area contributed by atoms with Crippen molar-refractivity contribution in [1.29, 1.82) is 0 Å². The largest absolute Gasteiger partial charge is 0.481 e. The molecule has 0 aromatic heterocycles.